The van der Waals surface area contributed by atoms with Gasteiger partial charge in [0.15, 0.2) is 0 Å². The topological polar surface area (TPSA) is 15.3 Å². The van der Waals surface area contributed by atoms with Crippen LogP contribution >= 0.6 is 0 Å². The van der Waals surface area contributed by atoms with Gasteiger partial charge in [0.2, 0.25) is 0 Å². The van der Waals surface area contributed by atoms with E-state index >= 15 is 0 Å². The zero-order chi connectivity index (χ0) is 13.7. The van der Waals surface area contributed by atoms with Crippen LogP contribution in [-0.2, 0) is 0 Å². The van der Waals surface area contributed by atoms with Gasteiger partial charge < -0.3 is 10.2 Å². The fourth-order valence-corrected chi connectivity index (χ4v) is 4.11. The molecule has 0 aromatic heterocycles. The first-order valence-electron chi connectivity index (χ1n) is 8.69. The lowest BCUT2D eigenvalue weighted by atomic mass is 9.83. The molecule has 19 heavy (non-hydrogen) atoms. The summed E-state index contributed by atoms with van der Waals surface area (Å²) < 4.78 is 0. The van der Waals surface area contributed by atoms with Crippen LogP contribution in [0.25, 0.3) is 0 Å². The fourth-order valence-electron chi connectivity index (χ4n) is 4.11. The summed E-state index contributed by atoms with van der Waals surface area (Å²) in [6.45, 7) is 11.0. The summed E-state index contributed by atoms with van der Waals surface area (Å²) in [5, 5.41) is 3.94. The van der Waals surface area contributed by atoms with E-state index in [2.05, 4.69) is 31.0 Å². The van der Waals surface area contributed by atoms with Gasteiger partial charge in [0, 0.05) is 18.6 Å². The average Bonchev–Trinajstić information content (AvgIpc) is 2.48. The number of rotatable bonds is 5. The maximum absolute atomic E-state index is 3.94. The van der Waals surface area contributed by atoms with Gasteiger partial charge in [-0.2, -0.15) is 0 Å². The molecular formula is C17H34N2. The Balaban J connectivity index is 1.77. The molecule has 0 aromatic carbocycles. The smallest absolute Gasteiger partial charge is 0.00818 e. The second-order valence-electron chi connectivity index (χ2n) is 6.94. The zero-order valence-electron chi connectivity index (χ0n) is 13.3. The molecule has 3 atom stereocenters. The zero-order valence-corrected chi connectivity index (χ0v) is 13.3. The Kier molecular flexibility index (Phi) is 6.15. The van der Waals surface area contributed by atoms with Gasteiger partial charge in [0.25, 0.3) is 0 Å². The highest BCUT2D eigenvalue weighted by molar-refractivity contribution is 4.84. The van der Waals surface area contributed by atoms with E-state index in [4.69, 9.17) is 0 Å². The Hall–Kier alpha value is -0.0800. The first-order valence-corrected chi connectivity index (χ1v) is 8.69. The number of nitrogens with one attached hydrogen (secondary N) is 1. The number of piperidine rings is 1. The largest absolute Gasteiger partial charge is 0.311 e. The number of likely N-dealkylation sites (tertiary alicyclic amines) is 1. The molecule has 1 aliphatic carbocycles. The van der Waals surface area contributed by atoms with E-state index in [0.29, 0.717) is 12.1 Å². The van der Waals surface area contributed by atoms with Crippen LogP contribution in [0.15, 0.2) is 0 Å². The molecule has 0 bridgehead atoms. The summed E-state index contributed by atoms with van der Waals surface area (Å²) in [6.07, 6.45) is 10.1. The van der Waals surface area contributed by atoms with Crippen molar-refractivity contribution in [3.8, 4) is 0 Å². The molecule has 2 rings (SSSR count). The molecule has 1 aliphatic heterocycles. The lowest BCUT2D eigenvalue weighted by Gasteiger charge is -2.38. The van der Waals surface area contributed by atoms with Crippen molar-refractivity contribution < 1.29 is 0 Å². The minimum atomic E-state index is 0.686. The third kappa shape index (κ3) is 4.46. The fraction of sp³-hybridized carbons (Fsp3) is 1.00. The second-order valence-corrected chi connectivity index (χ2v) is 6.94. The Morgan fingerprint density at radius 3 is 2.26 bits per heavy atom. The van der Waals surface area contributed by atoms with E-state index in [0.717, 1.165) is 11.8 Å². The molecule has 1 heterocycles. The molecule has 2 nitrogen and oxygen atoms in total. The van der Waals surface area contributed by atoms with Crippen LogP contribution in [0.4, 0.5) is 0 Å². The van der Waals surface area contributed by atoms with E-state index < -0.39 is 0 Å². The predicted molar refractivity (Wildman–Crippen MR) is 83.5 cm³/mol. The summed E-state index contributed by atoms with van der Waals surface area (Å²) in [5.41, 5.74) is 0. The second kappa shape index (κ2) is 7.64. The molecule has 0 radical (unpaired) electrons. The summed E-state index contributed by atoms with van der Waals surface area (Å²) >= 11 is 0. The van der Waals surface area contributed by atoms with Crippen molar-refractivity contribution in [1.82, 2.24) is 10.2 Å². The van der Waals surface area contributed by atoms with Gasteiger partial charge in [0.05, 0.1) is 0 Å². The van der Waals surface area contributed by atoms with Crippen LogP contribution in [0.2, 0.25) is 0 Å². The molecule has 0 spiro atoms. The lowest BCUT2D eigenvalue weighted by molar-refractivity contribution is 0.144. The van der Waals surface area contributed by atoms with Crippen LogP contribution in [-0.4, -0.2) is 36.6 Å². The molecule has 3 unspecified atom stereocenters. The first-order chi connectivity index (χ1) is 9.20. The summed E-state index contributed by atoms with van der Waals surface area (Å²) in [6, 6.07) is 1.40. The molecule has 2 heteroatoms. The quantitative estimate of drug-likeness (QED) is 0.817. The highest BCUT2D eigenvalue weighted by atomic mass is 15.1. The average molecular weight is 266 g/mol. The number of hydrogen-bond acceptors (Lipinski definition) is 2. The van der Waals surface area contributed by atoms with E-state index in [-0.39, 0.29) is 0 Å². The van der Waals surface area contributed by atoms with Crippen LogP contribution in [0, 0.1) is 11.8 Å². The van der Waals surface area contributed by atoms with Crippen molar-refractivity contribution >= 4 is 0 Å². The van der Waals surface area contributed by atoms with Gasteiger partial charge in [-0.1, -0.05) is 26.2 Å². The van der Waals surface area contributed by atoms with E-state index in [1.165, 1.54) is 64.6 Å². The van der Waals surface area contributed by atoms with Crippen molar-refractivity contribution in [3.05, 3.63) is 0 Å². The third-order valence-electron chi connectivity index (χ3n) is 5.58. The van der Waals surface area contributed by atoms with Crippen molar-refractivity contribution in [1.29, 1.82) is 0 Å². The SMILES string of the molecule is CCN1CCCC(C(C)NC(C)C2CCCCC2)C1. The minimum absolute atomic E-state index is 0.686. The van der Waals surface area contributed by atoms with Crippen LogP contribution in [0.5, 0.6) is 0 Å². The molecule has 0 aromatic rings. The summed E-state index contributed by atoms with van der Waals surface area (Å²) in [7, 11) is 0. The molecule has 1 N–H and O–H groups in total. The Morgan fingerprint density at radius 1 is 0.947 bits per heavy atom. The molecule has 2 aliphatic rings. The monoisotopic (exact) mass is 266 g/mol. The molecule has 1 saturated carbocycles. The van der Waals surface area contributed by atoms with Crippen molar-refractivity contribution in [2.75, 3.05) is 19.6 Å². The molecule has 0 amide bonds. The highest BCUT2D eigenvalue weighted by Gasteiger charge is 2.27. The van der Waals surface area contributed by atoms with Gasteiger partial charge in [-0.05, 0) is 64.5 Å². The van der Waals surface area contributed by atoms with E-state index in [9.17, 15) is 0 Å². The number of nitrogens with zero attached hydrogens (tertiary/aromatic N) is 1. The van der Waals surface area contributed by atoms with E-state index in [1.54, 1.807) is 0 Å². The Bertz CT molecular complexity index is 248. The van der Waals surface area contributed by atoms with Crippen LogP contribution in [0.3, 0.4) is 0 Å². The van der Waals surface area contributed by atoms with Gasteiger partial charge in [-0.3, -0.25) is 0 Å². The molecular weight excluding hydrogens is 232 g/mol. The molecule has 2 fully saturated rings. The van der Waals surface area contributed by atoms with Gasteiger partial charge in [-0.25, -0.2) is 0 Å². The maximum atomic E-state index is 3.94. The van der Waals surface area contributed by atoms with Crippen molar-refractivity contribution in [2.45, 2.75) is 77.8 Å². The van der Waals surface area contributed by atoms with Crippen LogP contribution < -0.4 is 5.32 Å². The van der Waals surface area contributed by atoms with Gasteiger partial charge in [-0.15, -0.1) is 0 Å². The normalized spacial score (nSPS) is 30.2. The first kappa shape index (κ1) is 15.3. The van der Waals surface area contributed by atoms with Gasteiger partial charge in [0.1, 0.15) is 0 Å². The summed E-state index contributed by atoms with van der Waals surface area (Å²) in [4.78, 5) is 2.62. The van der Waals surface area contributed by atoms with E-state index in [1.807, 2.05) is 0 Å². The highest BCUT2D eigenvalue weighted by Crippen LogP contribution is 2.27. The van der Waals surface area contributed by atoms with Gasteiger partial charge >= 0.3 is 0 Å². The number of hydrogen-bond donors (Lipinski definition) is 1. The third-order valence-corrected chi connectivity index (χ3v) is 5.58. The van der Waals surface area contributed by atoms with Crippen LogP contribution in [0.1, 0.15) is 65.7 Å². The maximum Gasteiger partial charge on any atom is 0.00818 e. The summed E-state index contributed by atoms with van der Waals surface area (Å²) in [5.74, 6) is 1.79. The Labute approximate surface area is 120 Å². The molecule has 1 saturated heterocycles. The minimum Gasteiger partial charge on any atom is -0.311 e. The standard InChI is InChI=1S/C17H34N2/c1-4-19-12-8-11-17(13-19)15(3)18-14(2)16-9-6-5-7-10-16/h14-18H,4-13H2,1-3H3. The Morgan fingerprint density at radius 2 is 1.58 bits per heavy atom. The molecule has 112 valence electrons. The van der Waals surface area contributed by atoms with Crippen molar-refractivity contribution in [2.24, 2.45) is 11.8 Å². The predicted octanol–water partition coefficient (Wildman–Crippen LogP) is 3.67. The van der Waals surface area contributed by atoms with Crippen molar-refractivity contribution in [3.63, 3.8) is 0 Å². The lowest BCUT2D eigenvalue weighted by Crippen LogP contribution is -2.48.